The van der Waals surface area contributed by atoms with Gasteiger partial charge >= 0.3 is 0 Å². The minimum atomic E-state index is -3.65. The average Bonchev–Trinajstić information content (AvgIpc) is 2.28. The summed E-state index contributed by atoms with van der Waals surface area (Å²) in [7, 11) is -2.22. The van der Waals surface area contributed by atoms with Gasteiger partial charge in [-0.3, -0.25) is 0 Å². The molecule has 0 aliphatic rings. The fraction of sp³-hybridized carbons (Fsp3) is 0.417. The number of benzene rings is 1. The SMILES string of the molecule is CCCC(=NS(=O)(=O)c1ccc(C)cc1)OC. The van der Waals surface area contributed by atoms with E-state index in [0.29, 0.717) is 6.42 Å². The summed E-state index contributed by atoms with van der Waals surface area (Å²) < 4.78 is 32.5. The number of nitrogens with zero attached hydrogens (tertiary/aromatic N) is 1. The zero-order chi connectivity index (χ0) is 12.9. The van der Waals surface area contributed by atoms with Crippen LogP contribution >= 0.6 is 0 Å². The Labute approximate surface area is 102 Å². The summed E-state index contributed by atoms with van der Waals surface area (Å²) in [6.07, 6.45) is 1.30. The molecule has 0 aliphatic heterocycles. The molecule has 0 spiro atoms. The standard InChI is InChI=1S/C12H17NO3S/c1-4-5-12(16-3)13-17(14,15)11-8-6-10(2)7-9-11/h6-9H,4-5H2,1-3H3. The van der Waals surface area contributed by atoms with E-state index in [2.05, 4.69) is 4.40 Å². The molecule has 0 atom stereocenters. The van der Waals surface area contributed by atoms with Gasteiger partial charge in [-0.2, -0.15) is 8.42 Å². The fourth-order valence-corrected chi connectivity index (χ4v) is 2.32. The zero-order valence-electron chi connectivity index (χ0n) is 10.3. The highest BCUT2D eigenvalue weighted by Gasteiger charge is 2.14. The lowest BCUT2D eigenvalue weighted by molar-refractivity contribution is 0.390. The summed E-state index contributed by atoms with van der Waals surface area (Å²) in [5, 5.41) is 0. The zero-order valence-corrected chi connectivity index (χ0v) is 11.1. The molecule has 17 heavy (non-hydrogen) atoms. The van der Waals surface area contributed by atoms with Gasteiger partial charge in [-0.05, 0) is 25.5 Å². The van der Waals surface area contributed by atoms with Crippen LogP contribution in [0, 0.1) is 6.92 Å². The van der Waals surface area contributed by atoms with E-state index in [-0.39, 0.29) is 10.8 Å². The van der Waals surface area contributed by atoms with Gasteiger partial charge in [0.15, 0.2) is 5.90 Å². The number of methoxy groups -OCH3 is 1. The molecule has 0 saturated heterocycles. The summed E-state index contributed by atoms with van der Waals surface area (Å²) in [6, 6.07) is 6.59. The van der Waals surface area contributed by atoms with Gasteiger partial charge in [-0.15, -0.1) is 4.40 Å². The van der Waals surface area contributed by atoms with Gasteiger partial charge in [0.25, 0.3) is 10.0 Å². The Balaban J connectivity index is 3.06. The van der Waals surface area contributed by atoms with Crippen LogP contribution in [0.5, 0.6) is 0 Å². The molecular weight excluding hydrogens is 238 g/mol. The van der Waals surface area contributed by atoms with Gasteiger partial charge in [-0.25, -0.2) is 0 Å². The molecule has 0 heterocycles. The van der Waals surface area contributed by atoms with Crippen molar-refractivity contribution in [2.45, 2.75) is 31.6 Å². The van der Waals surface area contributed by atoms with Crippen LogP contribution < -0.4 is 0 Å². The van der Waals surface area contributed by atoms with Crippen molar-refractivity contribution in [1.29, 1.82) is 0 Å². The molecular formula is C12H17NO3S. The Morgan fingerprint density at radius 2 is 1.88 bits per heavy atom. The predicted molar refractivity (Wildman–Crippen MR) is 67.7 cm³/mol. The van der Waals surface area contributed by atoms with E-state index >= 15 is 0 Å². The van der Waals surface area contributed by atoms with Gasteiger partial charge < -0.3 is 4.74 Å². The molecule has 1 aromatic rings. The fourth-order valence-electron chi connectivity index (χ4n) is 1.30. The van der Waals surface area contributed by atoms with E-state index in [0.717, 1.165) is 12.0 Å². The highest BCUT2D eigenvalue weighted by atomic mass is 32.2. The molecule has 5 heteroatoms. The maximum Gasteiger partial charge on any atom is 0.285 e. The van der Waals surface area contributed by atoms with Crippen molar-refractivity contribution in [3.8, 4) is 0 Å². The van der Waals surface area contributed by atoms with Crippen molar-refractivity contribution in [1.82, 2.24) is 0 Å². The third kappa shape index (κ3) is 3.85. The molecule has 4 nitrogen and oxygen atoms in total. The minimum absolute atomic E-state index is 0.189. The number of hydrogen-bond acceptors (Lipinski definition) is 3. The maximum absolute atomic E-state index is 11.9. The first kappa shape index (κ1) is 13.7. The minimum Gasteiger partial charge on any atom is -0.484 e. The van der Waals surface area contributed by atoms with Crippen molar-refractivity contribution in [2.24, 2.45) is 4.40 Å². The first-order valence-electron chi connectivity index (χ1n) is 5.44. The van der Waals surface area contributed by atoms with Crippen LogP contribution in [0.25, 0.3) is 0 Å². The van der Waals surface area contributed by atoms with E-state index in [1.54, 1.807) is 24.3 Å². The second-order valence-electron chi connectivity index (χ2n) is 3.73. The second-order valence-corrected chi connectivity index (χ2v) is 5.33. The monoisotopic (exact) mass is 255 g/mol. The van der Waals surface area contributed by atoms with Crippen molar-refractivity contribution in [3.05, 3.63) is 29.8 Å². The molecule has 0 bridgehead atoms. The van der Waals surface area contributed by atoms with Crippen LogP contribution in [-0.4, -0.2) is 21.4 Å². The van der Waals surface area contributed by atoms with Crippen LogP contribution in [0.15, 0.2) is 33.6 Å². The summed E-state index contributed by atoms with van der Waals surface area (Å²) in [5.74, 6) is 0.244. The maximum atomic E-state index is 11.9. The third-order valence-corrected chi connectivity index (χ3v) is 3.55. The van der Waals surface area contributed by atoms with Crippen LogP contribution in [0.3, 0.4) is 0 Å². The molecule has 0 aromatic heterocycles. The van der Waals surface area contributed by atoms with Crippen molar-refractivity contribution >= 4 is 15.9 Å². The number of aryl methyl sites for hydroxylation is 1. The highest BCUT2D eigenvalue weighted by molar-refractivity contribution is 7.90. The van der Waals surface area contributed by atoms with E-state index in [4.69, 9.17) is 4.74 Å². The number of rotatable bonds is 4. The van der Waals surface area contributed by atoms with E-state index < -0.39 is 10.0 Å². The molecule has 1 rings (SSSR count). The lowest BCUT2D eigenvalue weighted by atomic mass is 10.2. The topological polar surface area (TPSA) is 55.7 Å². The Morgan fingerprint density at radius 3 is 2.35 bits per heavy atom. The van der Waals surface area contributed by atoms with Crippen molar-refractivity contribution in [2.75, 3.05) is 7.11 Å². The molecule has 0 saturated carbocycles. The Bertz CT molecular complexity index is 489. The summed E-state index contributed by atoms with van der Waals surface area (Å²) in [5.41, 5.74) is 1.01. The Hall–Kier alpha value is -1.36. The highest BCUT2D eigenvalue weighted by Crippen LogP contribution is 2.14. The van der Waals surface area contributed by atoms with E-state index in [1.165, 1.54) is 7.11 Å². The Kier molecular flexibility index (Phi) is 4.69. The lowest BCUT2D eigenvalue weighted by Gasteiger charge is -2.04. The first-order valence-corrected chi connectivity index (χ1v) is 6.88. The van der Waals surface area contributed by atoms with Gasteiger partial charge in [0.05, 0.1) is 12.0 Å². The summed E-state index contributed by atoms with van der Waals surface area (Å²) in [6.45, 7) is 3.84. The molecule has 0 unspecified atom stereocenters. The summed E-state index contributed by atoms with van der Waals surface area (Å²) in [4.78, 5) is 0.189. The molecule has 0 radical (unpaired) electrons. The van der Waals surface area contributed by atoms with Gasteiger partial charge in [0.1, 0.15) is 0 Å². The molecule has 0 amide bonds. The molecule has 0 N–H and O–H groups in total. The second kappa shape index (κ2) is 5.82. The Morgan fingerprint density at radius 1 is 1.29 bits per heavy atom. The molecule has 0 aliphatic carbocycles. The van der Waals surface area contributed by atoms with Gasteiger partial charge in [-0.1, -0.05) is 24.6 Å². The lowest BCUT2D eigenvalue weighted by Crippen LogP contribution is -2.06. The first-order chi connectivity index (χ1) is 7.99. The van der Waals surface area contributed by atoms with Crippen LogP contribution in [0.2, 0.25) is 0 Å². The molecule has 0 fully saturated rings. The quantitative estimate of drug-likeness (QED) is 0.613. The van der Waals surface area contributed by atoms with Crippen molar-refractivity contribution in [3.63, 3.8) is 0 Å². The molecule has 1 aromatic carbocycles. The number of ether oxygens (including phenoxy) is 1. The third-order valence-electron chi connectivity index (χ3n) is 2.24. The van der Waals surface area contributed by atoms with Crippen LogP contribution in [-0.2, 0) is 14.8 Å². The van der Waals surface area contributed by atoms with Crippen molar-refractivity contribution < 1.29 is 13.2 Å². The predicted octanol–water partition coefficient (Wildman–Crippen LogP) is 2.53. The normalized spacial score (nSPS) is 12.5. The van der Waals surface area contributed by atoms with Crippen LogP contribution in [0.4, 0.5) is 0 Å². The average molecular weight is 255 g/mol. The van der Waals surface area contributed by atoms with Crippen LogP contribution in [0.1, 0.15) is 25.3 Å². The summed E-state index contributed by atoms with van der Waals surface area (Å²) >= 11 is 0. The van der Waals surface area contributed by atoms with Gasteiger partial charge in [0, 0.05) is 6.42 Å². The number of sulfonamides is 1. The molecule has 94 valence electrons. The number of hydrogen-bond donors (Lipinski definition) is 0. The van der Waals surface area contributed by atoms with E-state index in [1.807, 2.05) is 13.8 Å². The van der Waals surface area contributed by atoms with Gasteiger partial charge in [0.2, 0.25) is 0 Å². The largest absolute Gasteiger partial charge is 0.484 e. The smallest absolute Gasteiger partial charge is 0.285 e. The van der Waals surface area contributed by atoms with E-state index in [9.17, 15) is 8.42 Å².